The summed E-state index contributed by atoms with van der Waals surface area (Å²) in [7, 11) is 3.28. The van der Waals surface area contributed by atoms with Crippen LogP contribution in [0.25, 0.3) is 0 Å². The van der Waals surface area contributed by atoms with Gasteiger partial charge >= 0.3 is 18.9 Å². The van der Waals surface area contributed by atoms with Gasteiger partial charge in [0, 0.05) is 18.0 Å². The van der Waals surface area contributed by atoms with E-state index in [4.69, 9.17) is 14.2 Å². The van der Waals surface area contributed by atoms with Gasteiger partial charge < -0.3 is 15.6 Å². The van der Waals surface area contributed by atoms with Crippen molar-refractivity contribution < 1.29 is 39.3 Å². The van der Waals surface area contributed by atoms with Crippen LogP contribution in [0.4, 0.5) is 0 Å². The molecule has 0 aliphatic rings. The molecule has 0 fully saturated rings. The van der Waals surface area contributed by atoms with Gasteiger partial charge in [0.2, 0.25) is 0 Å². The molecule has 25 heavy (non-hydrogen) atoms. The van der Waals surface area contributed by atoms with Gasteiger partial charge in [-0.1, -0.05) is 18.2 Å². The number of aryl methyl sites for hydroxylation is 2. The maximum Gasteiger partial charge on any atom is 1.00 e. The summed E-state index contributed by atoms with van der Waals surface area (Å²) in [5, 5.41) is 0.910. The molecule has 0 radical (unpaired) electrons. The van der Waals surface area contributed by atoms with E-state index < -0.39 is 0 Å². The summed E-state index contributed by atoms with van der Waals surface area (Å²) in [5.41, 5.74) is 2.74. The van der Waals surface area contributed by atoms with E-state index in [2.05, 4.69) is 0 Å². The molecule has 2 aromatic rings. The first kappa shape index (κ1) is 21.7. The van der Waals surface area contributed by atoms with Crippen LogP contribution in [0.3, 0.4) is 0 Å². The Balaban J connectivity index is 0.00000312. The Bertz CT molecular complexity index is 701. The normalized spacial score (nSPS) is 10.6. The molecule has 0 saturated heterocycles. The number of carbonyl (C=O) groups excluding carboxylic acids is 1. The van der Waals surface area contributed by atoms with Gasteiger partial charge in [0.1, 0.15) is 18.1 Å². The average Bonchev–Trinajstić information content (AvgIpc) is 2.55. The van der Waals surface area contributed by atoms with Crippen molar-refractivity contribution in [2.75, 3.05) is 27.4 Å². The zero-order chi connectivity index (χ0) is 17.5. The molecule has 2 rings (SSSR count). The quantitative estimate of drug-likeness (QED) is 0.396. The first-order chi connectivity index (χ1) is 11.6. The zero-order valence-electron chi connectivity index (χ0n) is 16.5. The van der Waals surface area contributed by atoms with E-state index >= 15 is 0 Å². The Hall–Kier alpha value is -1.30. The van der Waals surface area contributed by atoms with Crippen molar-refractivity contribution in [1.29, 1.82) is 0 Å². The first-order valence-corrected chi connectivity index (χ1v) is 8.74. The van der Waals surface area contributed by atoms with Crippen molar-refractivity contribution in [3.05, 3.63) is 53.1 Å². The SMILES string of the molecule is COCCOc1ccccc1PC(=O)c1c(C)cc(OC)cc1C.[H-].[Li+]. The van der Waals surface area contributed by atoms with Crippen LogP contribution in [0.5, 0.6) is 11.5 Å². The average molecular weight is 354 g/mol. The predicted molar refractivity (Wildman–Crippen MR) is 99.7 cm³/mol. The van der Waals surface area contributed by atoms with E-state index in [0.29, 0.717) is 13.2 Å². The summed E-state index contributed by atoms with van der Waals surface area (Å²) in [6, 6.07) is 11.4. The van der Waals surface area contributed by atoms with Crippen LogP contribution in [0.2, 0.25) is 0 Å². The molecular formula is C19H24LiO4P. The minimum Gasteiger partial charge on any atom is -1.00 e. The van der Waals surface area contributed by atoms with Gasteiger partial charge in [0.25, 0.3) is 0 Å². The second kappa shape index (κ2) is 10.6. The summed E-state index contributed by atoms with van der Waals surface area (Å²) in [4.78, 5) is 12.8. The maximum absolute atomic E-state index is 12.8. The van der Waals surface area contributed by atoms with Crippen molar-refractivity contribution in [1.82, 2.24) is 0 Å². The Morgan fingerprint density at radius 2 is 1.72 bits per heavy atom. The van der Waals surface area contributed by atoms with Gasteiger partial charge in [-0.15, -0.1) is 0 Å². The monoisotopic (exact) mass is 354 g/mol. The molecule has 0 N–H and O–H groups in total. The number of hydrogen-bond donors (Lipinski definition) is 0. The van der Waals surface area contributed by atoms with Crippen molar-refractivity contribution in [3.8, 4) is 11.5 Å². The molecule has 0 aliphatic carbocycles. The van der Waals surface area contributed by atoms with Crippen molar-refractivity contribution >= 4 is 19.4 Å². The molecule has 0 aromatic heterocycles. The molecule has 0 aliphatic heterocycles. The van der Waals surface area contributed by atoms with Crippen molar-refractivity contribution in [2.45, 2.75) is 13.8 Å². The van der Waals surface area contributed by atoms with Crippen LogP contribution >= 0.6 is 8.58 Å². The number of carbonyl (C=O) groups is 1. The summed E-state index contributed by atoms with van der Waals surface area (Å²) >= 11 is 0. The van der Waals surface area contributed by atoms with Crippen LogP contribution in [0, 0.1) is 13.8 Å². The molecule has 2 aromatic carbocycles. The molecule has 0 bridgehead atoms. The van der Waals surface area contributed by atoms with Gasteiger partial charge in [0.05, 0.1) is 13.7 Å². The smallest absolute Gasteiger partial charge is 1.00 e. The van der Waals surface area contributed by atoms with Crippen LogP contribution < -0.4 is 33.6 Å². The predicted octanol–water partition coefficient (Wildman–Crippen LogP) is 0.598. The molecule has 6 heteroatoms. The molecule has 4 nitrogen and oxygen atoms in total. The molecule has 1 unspecified atom stereocenters. The Morgan fingerprint density at radius 3 is 2.32 bits per heavy atom. The van der Waals surface area contributed by atoms with E-state index in [-0.39, 0.29) is 34.4 Å². The second-order valence-corrected chi connectivity index (χ2v) is 6.67. The molecule has 0 spiro atoms. The first-order valence-electron chi connectivity index (χ1n) is 7.74. The number of ether oxygens (including phenoxy) is 3. The van der Waals surface area contributed by atoms with Crippen LogP contribution in [-0.4, -0.2) is 33.0 Å². The summed E-state index contributed by atoms with van der Waals surface area (Å²) in [5.74, 6) is 1.51. The molecular weight excluding hydrogens is 330 g/mol. The third-order valence-corrected chi connectivity index (χ3v) is 4.81. The van der Waals surface area contributed by atoms with Crippen LogP contribution in [-0.2, 0) is 4.74 Å². The molecule has 0 saturated carbocycles. The summed E-state index contributed by atoms with van der Waals surface area (Å²) in [6.07, 6.45) is 0. The number of methoxy groups -OCH3 is 2. The number of benzene rings is 2. The van der Waals surface area contributed by atoms with E-state index in [1.54, 1.807) is 14.2 Å². The van der Waals surface area contributed by atoms with Gasteiger partial charge in [-0.2, -0.15) is 0 Å². The molecule has 0 heterocycles. The zero-order valence-corrected chi connectivity index (χ0v) is 16.5. The summed E-state index contributed by atoms with van der Waals surface area (Å²) < 4.78 is 16.0. The topological polar surface area (TPSA) is 44.8 Å². The van der Waals surface area contributed by atoms with E-state index in [9.17, 15) is 4.79 Å². The molecule has 0 amide bonds. The number of hydrogen-bond acceptors (Lipinski definition) is 4. The fraction of sp³-hybridized carbons (Fsp3) is 0.316. The maximum atomic E-state index is 12.8. The second-order valence-electron chi connectivity index (χ2n) is 5.43. The fourth-order valence-corrected chi connectivity index (χ4v) is 3.74. The minimum atomic E-state index is 0. The third-order valence-electron chi connectivity index (χ3n) is 3.65. The Morgan fingerprint density at radius 1 is 1.08 bits per heavy atom. The van der Waals surface area contributed by atoms with Gasteiger partial charge in [-0.05, 0) is 51.8 Å². The van der Waals surface area contributed by atoms with E-state index in [0.717, 1.165) is 33.5 Å². The standard InChI is InChI=1S/C19H23O4P.Li.H/c1-13-11-15(22-4)12-14(2)18(13)19(20)24-17-8-6-5-7-16(17)23-10-9-21-3;;/h5-8,11-12,24H,9-10H2,1-4H3;;/q;+1;-1. The third kappa shape index (κ3) is 5.87. The van der Waals surface area contributed by atoms with E-state index in [1.165, 1.54) is 0 Å². The van der Waals surface area contributed by atoms with Crippen molar-refractivity contribution in [3.63, 3.8) is 0 Å². The van der Waals surface area contributed by atoms with Gasteiger partial charge in [-0.25, -0.2) is 0 Å². The Labute approximate surface area is 164 Å². The molecule has 130 valence electrons. The Kier molecular flexibility index (Phi) is 9.25. The van der Waals surface area contributed by atoms with Gasteiger partial charge in [0.15, 0.2) is 5.52 Å². The number of para-hydroxylation sites is 1. The minimum absolute atomic E-state index is 0. The fourth-order valence-electron chi connectivity index (χ4n) is 2.52. The van der Waals surface area contributed by atoms with Gasteiger partial charge in [-0.3, -0.25) is 4.79 Å². The van der Waals surface area contributed by atoms with Crippen LogP contribution in [0.15, 0.2) is 36.4 Å². The largest absolute Gasteiger partial charge is 1.00 e. The summed E-state index contributed by atoms with van der Waals surface area (Å²) in [6.45, 7) is 4.86. The van der Waals surface area contributed by atoms with Crippen LogP contribution in [0.1, 0.15) is 22.9 Å². The van der Waals surface area contributed by atoms with E-state index in [1.807, 2.05) is 50.2 Å². The van der Waals surface area contributed by atoms with Crippen molar-refractivity contribution in [2.24, 2.45) is 0 Å². The number of rotatable bonds is 8. The molecule has 1 atom stereocenters.